The van der Waals surface area contributed by atoms with Crippen molar-refractivity contribution in [3.05, 3.63) is 44.7 Å². The molecule has 0 aliphatic rings. The normalized spacial score (nSPS) is 10.5. The highest BCUT2D eigenvalue weighted by atomic mass is 79.9. The number of carboxylic acid groups (broad SMARTS) is 1. The molecule has 5 heteroatoms. The summed E-state index contributed by atoms with van der Waals surface area (Å²) in [5.41, 5.74) is -0.836. The van der Waals surface area contributed by atoms with Gasteiger partial charge in [-0.15, -0.1) is 0 Å². The van der Waals surface area contributed by atoms with Crippen LogP contribution in [0.2, 0.25) is 0 Å². The molecule has 0 aliphatic carbocycles. The van der Waals surface area contributed by atoms with E-state index in [0.717, 1.165) is 4.47 Å². The lowest BCUT2D eigenvalue weighted by atomic mass is 10.2. The van der Waals surface area contributed by atoms with Crippen molar-refractivity contribution in [2.45, 2.75) is 0 Å². The number of carbonyl (C=O) groups is 1. The van der Waals surface area contributed by atoms with Crippen molar-refractivity contribution >= 4 is 32.9 Å². The van der Waals surface area contributed by atoms with Crippen LogP contribution in [-0.2, 0) is 0 Å². The molecular formula is C10H5BrO4. The Bertz CT molecular complexity index is 600. The minimum absolute atomic E-state index is 0.357. The van der Waals surface area contributed by atoms with Crippen LogP contribution in [0.4, 0.5) is 0 Å². The standard InChI is InChI=1S/C10H5BrO4/c11-6-2-1-5-3-7(9(12)13)10(14)15-8(5)4-6/h1-4H,(H,12,13). The van der Waals surface area contributed by atoms with E-state index in [1.54, 1.807) is 18.2 Å². The van der Waals surface area contributed by atoms with Crippen molar-refractivity contribution in [3.63, 3.8) is 0 Å². The van der Waals surface area contributed by atoms with E-state index >= 15 is 0 Å². The van der Waals surface area contributed by atoms with Gasteiger partial charge in [0.2, 0.25) is 0 Å². The van der Waals surface area contributed by atoms with Gasteiger partial charge in [0.05, 0.1) is 0 Å². The van der Waals surface area contributed by atoms with Crippen LogP contribution in [-0.4, -0.2) is 11.1 Å². The molecule has 1 N–H and O–H groups in total. The van der Waals surface area contributed by atoms with Gasteiger partial charge in [0.15, 0.2) is 0 Å². The zero-order valence-electron chi connectivity index (χ0n) is 7.36. The molecule has 0 radical (unpaired) electrons. The second-order valence-electron chi connectivity index (χ2n) is 2.93. The van der Waals surface area contributed by atoms with Crippen molar-refractivity contribution in [2.24, 2.45) is 0 Å². The first-order valence-electron chi connectivity index (χ1n) is 4.04. The topological polar surface area (TPSA) is 67.5 Å². The molecule has 15 heavy (non-hydrogen) atoms. The number of hydrogen-bond acceptors (Lipinski definition) is 3. The second kappa shape index (κ2) is 3.51. The molecule has 2 rings (SSSR count). The molecule has 4 nitrogen and oxygen atoms in total. The molecule has 0 unspecified atom stereocenters. The Morgan fingerprint density at radius 1 is 1.33 bits per heavy atom. The minimum atomic E-state index is -1.28. The minimum Gasteiger partial charge on any atom is -0.477 e. The smallest absolute Gasteiger partial charge is 0.351 e. The van der Waals surface area contributed by atoms with Crippen LogP contribution in [0.25, 0.3) is 11.0 Å². The number of benzene rings is 1. The van der Waals surface area contributed by atoms with Crippen LogP contribution in [0.5, 0.6) is 0 Å². The summed E-state index contributed by atoms with van der Waals surface area (Å²) in [6.45, 7) is 0. The summed E-state index contributed by atoms with van der Waals surface area (Å²) in [6, 6.07) is 6.33. The monoisotopic (exact) mass is 268 g/mol. The predicted molar refractivity (Wildman–Crippen MR) is 57.1 cm³/mol. The number of aromatic carboxylic acids is 1. The van der Waals surface area contributed by atoms with E-state index in [4.69, 9.17) is 9.52 Å². The number of fused-ring (bicyclic) bond motifs is 1. The quantitative estimate of drug-likeness (QED) is 0.806. The van der Waals surface area contributed by atoms with Crippen LogP contribution in [0.1, 0.15) is 10.4 Å². The number of hydrogen-bond donors (Lipinski definition) is 1. The highest BCUT2D eigenvalue weighted by molar-refractivity contribution is 9.10. The van der Waals surface area contributed by atoms with E-state index in [-0.39, 0.29) is 5.56 Å². The van der Waals surface area contributed by atoms with Gasteiger partial charge < -0.3 is 9.52 Å². The molecule has 0 saturated carbocycles. The van der Waals surface area contributed by atoms with Gasteiger partial charge in [0.1, 0.15) is 11.1 Å². The summed E-state index contributed by atoms with van der Waals surface area (Å²) >= 11 is 3.23. The Morgan fingerprint density at radius 2 is 2.07 bits per heavy atom. The van der Waals surface area contributed by atoms with E-state index < -0.39 is 11.6 Å². The Labute approximate surface area is 92.3 Å². The van der Waals surface area contributed by atoms with E-state index in [1.165, 1.54) is 6.07 Å². The van der Waals surface area contributed by atoms with Gasteiger partial charge in [-0.2, -0.15) is 0 Å². The molecule has 76 valence electrons. The molecule has 0 amide bonds. The lowest BCUT2D eigenvalue weighted by Crippen LogP contribution is -2.12. The largest absolute Gasteiger partial charge is 0.477 e. The molecule has 1 aromatic heterocycles. The molecule has 0 aliphatic heterocycles. The Balaban J connectivity index is 2.82. The van der Waals surface area contributed by atoms with E-state index in [0.29, 0.717) is 11.0 Å². The molecular weight excluding hydrogens is 264 g/mol. The lowest BCUT2D eigenvalue weighted by Gasteiger charge is -1.98. The summed E-state index contributed by atoms with van der Waals surface area (Å²) in [7, 11) is 0. The zero-order valence-corrected chi connectivity index (χ0v) is 8.95. The van der Waals surface area contributed by atoms with Gasteiger partial charge in [-0.3, -0.25) is 0 Å². The van der Waals surface area contributed by atoms with Gasteiger partial charge in [-0.25, -0.2) is 9.59 Å². The lowest BCUT2D eigenvalue weighted by molar-refractivity contribution is 0.0692. The summed E-state index contributed by atoms with van der Waals surface area (Å²) in [5, 5.41) is 9.29. The van der Waals surface area contributed by atoms with E-state index in [1.807, 2.05) is 0 Å². The van der Waals surface area contributed by atoms with Crippen LogP contribution in [0, 0.1) is 0 Å². The maximum absolute atomic E-state index is 11.2. The van der Waals surface area contributed by atoms with Crippen molar-refractivity contribution in [2.75, 3.05) is 0 Å². The van der Waals surface area contributed by atoms with E-state index in [9.17, 15) is 9.59 Å². The van der Waals surface area contributed by atoms with Gasteiger partial charge in [0.25, 0.3) is 0 Å². The molecule has 0 fully saturated rings. The molecule has 0 atom stereocenters. The summed E-state index contributed by atoms with van der Waals surface area (Å²) in [5.74, 6) is -1.28. The van der Waals surface area contributed by atoms with Crippen LogP contribution >= 0.6 is 15.9 Å². The highest BCUT2D eigenvalue weighted by Crippen LogP contribution is 2.19. The molecule has 1 heterocycles. The van der Waals surface area contributed by atoms with Crippen molar-refractivity contribution in [3.8, 4) is 0 Å². The summed E-state index contributed by atoms with van der Waals surface area (Å²) < 4.78 is 5.63. The Kier molecular flexibility index (Phi) is 2.32. The average Bonchev–Trinajstić information content (AvgIpc) is 2.15. The SMILES string of the molecule is O=C(O)c1cc2ccc(Br)cc2oc1=O. The Hall–Kier alpha value is -1.62. The van der Waals surface area contributed by atoms with Crippen LogP contribution < -0.4 is 5.63 Å². The van der Waals surface area contributed by atoms with Gasteiger partial charge >= 0.3 is 11.6 Å². The van der Waals surface area contributed by atoms with Crippen molar-refractivity contribution < 1.29 is 14.3 Å². The molecule has 0 bridgehead atoms. The van der Waals surface area contributed by atoms with Gasteiger partial charge in [-0.1, -0.05) is 22.0 Å². The summed E-state index contributed by atoms with van der Waals surface area (Å²) in [4.78, 5) is 21.9. The fourth-order valence-electron chi connectivity index (χ4n) is 1.23. The van der Waals surface area contributed by atoms with Crippen molar-refractivity contribution in [1.29, 1.82) is 0 Å². The predicted octanol–water partition coefficient (Wildman–Crippen LogP) is 2.25. The third-order valence-electron chi connectivity index (χ3n) is 1.93. The maximum Gasteiger partial charge on any atom is 0.351 e. The average molecular weight is 269 g/mol. The molecule has 0 spiro atoms. The van der Waals surface area contributed by atoms with Gasteiger partial charge in [0, 0.05) is 9.86 Å². The molecule has 2 aromatic rings. The maximum atomic E-state index is 11.2. The Morgan fingerprint density at radius 3 is 2.73 bits per heavy atom. The number of carboxylic acids is 1. The fraction of sp³-hybridized carbons (Fsp3) is 0. The third kappa shape index (κ3) is 1.78. The van der Waals surface area contributed by atoms with Crippen molar-refractivity contribution in [1.82, 2.24) is 0 Å². The van der Waals surface area contributed by atoms with E-state index in [2.05, 4.69) is 15.9 Å². The first kappa shape index (κ1) is 9.92. The zero-order chi connectivity index (χ0) is 11.0. The highest BCUT2D eigenvalue weighted by Gasteiger charge is 2.11. The van der Waals surface area contributed by atoms with Gasteiger partial charge in [-0.05, 0) is 18.2 Å². The third-order valence-corrected chi connectivity index (χ3v) is 2.42. The molecule has 1 aromatic carbocycles. The first-order valence-corrected chi connectivity index (χ1v) is 4.84. The van der Waals surface area contributed by atoms with Crippen LogP contribution in [0.15, 0.2) is 37.9 Å². The summed E-state index contributed by atoms with van der Waals surface area (Å²) in [6.07, 6.45) is 0. The fourth-order valence-corrected chi connectivity index (χ4v) is 1.57. The first-order chi connectivity index (χ1) is 7.08. The molecule has 0 saturated heterocycles. The number of rotatable bonds is 1. The van der Waals surface area contributed by atoms with Crippen LogP contribution in [0.3, 0.4) is 0 Å². The second-order valence-corrected chi connectivity index (χ2v) is 3.85. The number of halogens is 1.